The maximum atomic E-state index is 11.9. The quantitative estimate of drug-likeness (QED) is 0.766. The van der Waals surface area contributed by atoms with Gasteiger partial charge in [-0.25, -0.2) is 4.98 Å². The molecule has 0 radical (unpaired) electrons. The van der Waals surface area contributed by atoms with Crippen molar-refractivity contribution >= 4 is 23.3 Å². The average molecular weight is 279 g/mol. The van der Waals surface area contributed by atoms with E-state index in [9.17, 15) is 9.59 Å². The second-order valence-electron chi connectivity index (χ2n) is 4.68. The molecule has 0 unspecified atom stereocenters. The number of carbonyl (C=O) groups excluding carboxylic acids is 2. The number of aromatic nitrogens is 1. The number of nitrogens with two attached hydrogens (primary N) is 2. The van der Waals surface area contributed by atoms with E-state index in [4.69, 9.17) is 11.5 Å². The van der Waals surface area contributed by atoms with Gasteiger partial charge in [0.1, 0.15) is 5.69 Å². The van der Waals surface area contributed by atoms with Crippen molar-refractivity contribution in [3.63, 3.8) is 0 Å². The number of amides is 2. The van der Waals surface area contributed by atoms with Crippen LogP contribution in [-0.2, 0) is 4.79 Å². The van der Waals surface area contributed by atoms with Crippen LogP contribution < -0.4 is 16.4 Å². The molecular formula is C13H21N5O2. The summed E-state index contributed by atoms with van der Waals surface area (Å²) >= 11 is 0. The molecule has 1 heterocycles. The van der Waals surface area contributed by atoms with Crippen LogP contribution in [0.2, 0.25) is 0 Å². The molecule has 0 aliphatic heterocycles. The molecule has 1 rings (SSSR count). The highest BCUT2D eigenvalue weighted by atomic mass is 16.2. The summed E-state index contributed by atoms with van der Waals surface area (Å²) in [5.41, 5.74) is 11.7. The zero-order valence-electron chi connectivity index (χ0n) is 12.1. The minimum atomic E-state index is -0.623. The van der Waals surface area contributed by atoms with Gasteiger partial charge in [-0.05, 0) is 18.6 Å². The summed E-state index contributed by atoms with van der Waals surface area (Å²) < 4.78 is 0. The van der Waals surface area contributed by atoms with Crippen molar-refractivity contribution < 1.29 is 9.59 Å². The second kappa shape index (κ2) is 6.74. The largest absolute Gasteiger partial charge is 0.396 e. The lowest BCUT2D eigenvalue weighted by Crippen LogP contribution is -2.38. The predicted octanol–water partition coefficient (Wildman–Crippen LogP) is 0.0673. The van der Waals surface area contributed by atoms with Crippen LogP contribution in [-0.4, -0.2) is 48.9 Å². The number of nitrogens with zero attached hydrogens (tertiary/aromatic N) is 3. The van der Waals surface area contributed by atoms with Gasteiger partial charge in [-0.1, -0.05) is 6.92 Å². The number of rotatable bonds is 6. The van der Waals surface area contributed by atoms with Crippen molar-refractivity contribution in [1.29, 1.82) is 0 Å². The van der Waals surface area contributed by atoms with Crippen LogP contribution in [0.4, 0.5) is 11.5 Å². The molecule has 0 saturated carbocycles. The summed E-state index contributed by atoms with van der Waals surface area (Å²) in [4.78, 5) is 30.5. The Bertz CT molecular complexity index is 502. The van der Waals surface area contributed by atoms with E-state index in [0.29, 0.717) is 18.1 Å². The first-order valence-electron chi connectivity index (χ1n) is 6.38. The van der Waals surface area contributed by atoms with E-state index in [-0.39, 0.29) is 18.1 Å². The minimum absolute atomic E-state index is 0.0656. The van der Waals surface area contributed by atoms with E-state index in [1.54, 1.807) is 25.1 Å². The minimum Gasteiger partial charge on any atom is -0.396 e. The molecule has 7 heteroatoms. The van der Waals surface area contributed by atoms with Gasteiger partial charge in [-0.15, -0.1) is 0 Å². The van der Waals surface area contributed by atoms with Crippen LogP contribution in [0.1, 0.15) is 23.8 Å². The van der Waals surface area contributed by atoms with E-state index >= 15 is 0 Å². The normalized spacial score (nSPS) is 10.2. The highest BCUT2D eigenvalue weighted by Gasteiger charge is 2.17. The highest BCUT2D eigenvalue weighted by Crippen LogP contribution is 2.21. The lowest BCUT2D eigenvalue weighted by Gasteiger charge is -2.25. The van der Waals surface area contributed by atoms with Crippen LogP contribution in [0.15, 0.2) is 12.1 Å². The Morgan fingerprint density at radius 1 is 1.30 bits per heavy atom. The molecule has 0 bridgehead atoms. The van der Waals surface area contributed by atoms with E-state index < -0.39 is 5.91 Å². The molecular weight excluding hydrogens is 258 g/mol. The number of hydrogen-bond acceptors (Lipinski definition) is 5. The maximum absolute atomic E-state index is 11.9. The van der Waals surface area contributed by atoms with Gasteiger partial charge in [0, 0.05) is 20.6 Å². The smallest absolute Gasteiger partial charge is 0.267 e. The third-order valence-corrected chi connectivity index (χ3v) is 2.78. The lowest BCUT2D eigenvalue weighted by molar-refractivity contribution is -0.127. The summed E-state index contributed by atoms with van der Waals surface area (Å²) in [6.07, 6.45) is 0.822. The fourth-order valence-electron chi connectivity index (χ4n) is 1.68. The van der Waals surface area contributed by atoms with Gasteiger partial charge < -0.3 is 21.3 Å². The highest BCUT2D eigenvalue weighted by molar-refractivity contribution is 5.92. The third-order valence-electron chi connectivity index (χ3n) is 2.78. The maximum Gasteiger partial charge on any atom is 0.267 e. The number of carbonyl (C=O) groups is 2. The van der Waals surface area contributed by atoms with Crippen molar-refractivity contribution in [1.82, 2.24) is 9.88 Å². The van der Waals surface area contributed by atoms with Crippen molar-refractivity contribution in [2.24, 2.45) is 5.73 Å². The first-order valence-corrected chi connectivity index (χ1v) is 6.38. The van der Waals surface area contributed by atoms with Crippen LogP contribution in [0.5, 0.6) is 0 Å². The zero-order chi connectivity index (χ0) is 15.3. The third kappa shape index (κ3) is 3.84. The number of pyridine rings is 1. The predicted molar refractivity (Wildman–Crippen MR) is 78.4 cm³/mol. The van der Waals surface area contributed by atoms with Gasteiger partial charge in [0.05, 0.1) is 12.2 Å². The monoisotopic (exact) mass is 279 g/mol. The van der Waals surface area contributed by atoms with Gasteiger partial charge in [0.2, 0.25) is 5.91 Å². The molecule has 7 nitrogen and oxygen atoms in total. The van der Waals surface area contributed by atoms with Crippen molar-refractivity contribution in [3.05, 3.63) is 17.8 Å². The van der Waals surface area contributed by atoms with Gasteiger partial charge in [0.25, 0.3) is 5.91 Å². The fourth-order valence-corrected chi connectivity index (χ4v) is 1.68. The second-order valence-corrected chi connectivity index (χ2v) is 4.68. The fraction of sp³-hybridized carbons (Fsp3) is 0.462. The van der Waals surface area contributed by atoms with E-state index in [2.05, 4.69) is 4.98 Å². The Hall–Kier alpha value is -2.31. The Labute approximate surface area is 118 Å². The SMILES string of the molecule is CCCN(CC(=O)N(C)C)c1nc(C(N)=O)ccc1N. The van der Waals surface area contributed by atoms with Gasteiger partial charge in [0.15, 0.2) is 5.82 Å². The van der Waals surface area contributed by atoms with Gasteiger partial charge in [-0.2, -0.15) is 0 Å². The summed E-state index contributed by atoms with van der Waals surface area (Å²) in [6, 6.07) is 3.05. The van der Waals surface area contributed by atoms with Gasteiger partial charge in [-0.3, -0.25) is 9.59 Å². The molecule has 2 amide bonds. The molecule has 0 aliphatic rings. The van der Waals surface area contributed by atoms with E-state index in [1.807, 2.05) is 6.92 Å². The van der Waals surface area contributed by atoms with Crippen molar-refractivity contribution in [2.75, 3.05) is 37.8 Å². The Morgan fingerprint density at radius 2 is 1.95 bits per heavy atom. The standard InChI is InChI=1S/C13H21N5O2/c1-4-7-18(8-11(19)17(2)3)13-9(14)5-6-10(16-13)12(15)20/h5-6H,4,7-8,14H2,1-3H3,(H2,15,20). The molecule has 0 spiro atoms. The average Bonchev–Trinajstić information content (AvgIpc) is 2.38. The molecule has 0 aliphatic carbocycles. The number of likely N-dealkylation sites (N-methyl/N-ethyl adjacent to an activating group) is 1. The number of primary amides is 1. The molecule has 20 heavy (non-hydrogen) atoms. The number of hydrogen-bond donors (Lipinski definition) is 2. The first-order chi connectivity index (χ1) is 9.36. The van der Waals surface area contributed by atoms with E-state index in [0.717, 1.165) is 6.42 Å². The number of nitrogen functional groups attached to an aromatic ring is 1. The summed E-state index contributed by atoms with van der Waals surface area (Å²) in [5.74, 6) is -0.274. The summed E-state index contributed by atoms with van der Waals surface area (Å²) in [6.45, 7) is 2.75. The van der Waals surface area contributed by atoms with Crippen LogP contribution >= 0.6 is 0 Å². The Morgan fingerprint density at radius 3 is 2.45 bits per heavy atom. The summed E-state index contributed by atoms with van der Waals surface area (Å²) in [7, 11) is 3.37. The van der Waals surface area contributed by atoms with Crippen LogP contribution in [0.25, 0.3) is 0 Å². The van der Waals surface area contributed by atoms with E-state index in [1.165, 1.54) is 11.0 Å². The Kier molecular flexibility index (Phi) is 5.31. The number of anilines is 2. The molecule has 1 aromatic heterocycles. The Balaban J connectivity index is 3.10. The molecule has 0 fully saturated rings. The zero-order valence-corrected chi connectivity index (χ0v) is 12.1. The summed E-state index contributed by atoms with van der Waals surface area (Å²) in [5, 5.41) is 0. The van der Waals surface area contributed by atoms with Crippen molar-refractivity contribution in [2.45, 2.75) is 13.3 Å². The molecule has 110 valence electrons. The first kappa shape index (κ1) is 15.7. The lowest BCUT2D eigenvalue weighted by atomic mass is 10.2. The molecule has 0 aromatic carbocycles. The van der Waals surface area contributed by atoms with Crippen LogP contribution in [0.3, 0.4) is 0 Å². The molecule has 1 aromatic rings. The van der Waals surface area contributed by atoms with Gasteiger partial charge >= 0.3 is 0 Å². The molecule has 0 saturated heterocycles. The topological polar surface area (TPSA) is 106 Å². The molecule has 0 atom stereocenters. The molecule has 4 N–H and O–H groups in total. The van der Waals surface area contributed by atoms with Crippen LogP contribution in [0, 0.1) is 0 Å². The van der Waals surface area contributed by atoms with Crippen molar-refractivity contribution in [3.8, 4) is 0 Å².